The van der Waals surface area contributed by atoms with E-state index < -0.39 is 22.2 Å². The number of para-hydroxylation sites is 1. The van der Waals surface area contributed by atoms with E-state index in [9.17, 15) is 30.0 Å². The second-order valence-corrected chi connectivity index (χ2v) is 11.7. The molecule has 0 unspecified atom stereocenters. The van der Waals surface area contributed by atoms with E-state index in [0.29, 0.717) is 27.9 Å². The Morgan fingerprint density at radius 1 is 0.787 bits per heavy atom. The summed E-state index contributed by atoms with van der Waals surface area (Å²) >= 11 is 0. The lowest BCUT2D eigenvalue weighted by atomic mass is 9.99. The molecule has 12 nitrogen and oxygen atoms in total. The molecule has 0 amide bonds. The number of methoxy groups -OCH3 is 2. The molecule has 0 spiro atoms. The first-order valence-electron chi connectivity index (χ1n) is 14.5. The lowest BCUT2D eigenvalue weighted by Crippen LogP contribution is -2.40. The molecule has 4 N–H and O–H groups in total. The number of aromatic hydroxyl groups is 4. The molecule has 0 saturated heterocycles. The van der Waals surface area contributed by atoms with Gasteiger partial charge in [-0.2, -0.15) is 0 Å². The van der Waals surface area contributed by atoms with Gasteiger partial charge in [-0.1, -0.05) is 6.07 Å². The molecule has 0 saturated carbocycles. The van der Waals surface area contributed by atoms with Gasteiger partial charge in [0.25, 0.3) is 0 Å². The molecule has 0 bridgehead atoms. The maximum atomic E-state index is 13.7. The largest absolute Gasteiger partial charge is 0.507 e. The summed E-state index contributed by atoms with van der Waals surface area (Å²) in [6, 6.07) is 10.2. The zero-order valence-corrected chi connectivity index (χ0v) is 26.0. The summed E-state index contributed by atoms with van der Waals surface area (Å²) in [6.07, 6.45) is 3.23. The highest BCUT2D eigenvalue weighted by Crippen LogP contribution is 2.46. The first-order chi connectivity index (χ1) is 22.4. The molecule has 1 aliphatic rings. The maximum Gasteiger partial charge on any atom is 0.201 e. The highest BCUT2D eigenvalue weighted by atomic mass is 16.6. The van der Waals surface area contributed by atoms with Crippen molar-refractivity contribution in [2.45, 2.75) is 12.5 Å². The lowest BCUT2D eigenvalue weighted by Gasteiger charge is -2.34. The number of aryl methyl sites for hydroxylation is 2. The summed E-state index contributed by atoms with van der Waals surface area (Å²) in [5.41, 5.74) is -0.623. The molecular weight excluding hydrogens is 608 g/mol. The number of fused-ring (bicyclic) bond motifs is 6. The number of benzene rings is 4. The number of rotatable bonds is 4. The number of ether oxygens (including phenoxy) is 4. The molecule has 2 aromatic heterocycles. The van der Waals surface area contributed by atoms with Crippen LogP contribution in [0.3, 0.4) is 0 Å². The third-order valence-electron chi connectivity index (χ3n) is 8.76. The topological polar surface area (TPSA) is 162 Å². The fourth-order valence-electron chi connectivity index (χ4n) is 6.59. The molecular formula is C35H30N2O10. The standard InChI is InChI=1S/C35H30N2O10/c1-35(12-11-16-20(39)13-21(40)25-28(16)36(2)27-17(31(25)42)7-6-8-19(27)38)15-46-34-23(47-35)10-9-18-29(34)37(3)30-26(32(18)43)22(41)14-24(44-4)33(30)45-5/h6-14,38-41H,15H2,1-5H3/b12-11+/t35-/m1/s1. The summed E-state index contributed by atoms with van der Waals surface area (Å²) in [4.78, 5) is 27.1. The van der Waals surface area contributed by atoms with Crippen molar-refractivity contribution in [3.05, 3.63) is 74.6 Å². The van der Waals surface area contributed by atoms with E-state index >= 15 is 0 Å². The molecule has 6 aromatic rings. The predicted octanol–water partition coefficient (Wildman–Crippen LogP) is 4.78. The van der Waals surface area contributed by atoms with E-state index in [1.165, 1.54) is 26.4 Å². The normalized spacial score (nSPS) is 16.1. The van der Waals surface area contributed by atoms with Crippen molar-refractivity contribution >= 4 is 49.7 Å². The maximum absolute atomic E-state index is 13.7. The van der Waals surface area contributed by atoms with Gasteiger partial charge in [0.05, 0.1) is 52.3 Å². The minimum atomic E-state index is -1.09. The van der Waals surface area contributed by atoms with Crippen LogP contribution in [0.1, 0.15) is 12.5 Å². The molecule has 12 heteroatoms. The Bertz CT molecular complexity index is 2500. The van der Waals surface area contributed by atoms with E-state index in [4.69, 9.17) is 18.9 Å². The summed E-state index contributed by atoms with van der Waals surface area (Å²) in [5, 5.41) is 43.5. The van der Waals surface area contributed by atoms with Crippen molar-refractivity contribution in [3.63, 3.8) is 0 Å². The zero-order valence-electron chi connectivity index (χ0n) is 26.0. The summed E-state index contributed by atoms with van der Waals surface area (Å²) in [5.74, 6) is 0.0785. The number of pyridine rings is 2. The van der Waals surface area contributed by atoms with Crippen LogP contribution in [0.15, 0.2) is 58.1 Å². The number of aromatic nitrogens is 2. The molecule has 1 atom stereocenters. The predicted molar refractivity (Wildman–Crippen MR) is 177 cm³/mol. The zero-order chi connectivity index (χ0) is 33.5. The third-order valence-corrected chi connectivity index (χ3v) is 8.76. The SMILES string of the molecule is COc1cc(O)c2c(=O)c3ccc4c(c3n(C)c2c1OC)OC[C@@](C)(/C=C/c1c(O)cc(O)c2c(=O)c3cccc(O)c3n(C)c12)O4. The van der Waals surface area contributed by atoms with Gasteiger partial charge in [-0.15, -0.1) is 0 Å². The highest BCUT2D eigenvalue weighted by molar-refractivity contribution is 6.04. The number of phenolic OH excluding ortho intramolecular Hbond substituents is 4. The molecule has 47 heavy (non-hydrogen) atoms. The van der Waals surface area contributed by atoms with E-state index in [2.05, 4.69) is 0 Å². The van der Waals surface area contributed by atoms with Crippen LogP contribution in [-0.2, 0) is 14.1 Å². The van der Waals surface area contributed by atoms with Crippen LogP contribution in [0.2, 0.25) is 0 Å². The van der Waals surface area contributed by atoms with E-state index in [0.717, 1.165) is 6.07 Å². The average molecular weight is 639 g/mol. The quantitative estimate of drug-likeness (QED) is 0.198. The summed E-state index contributed by atoms with van der Waals surface area (Å²) in [7, 11) is 6.22. The van der Waals surface area contributed by atoms with Crippen molar-refractivity contribution in [1.82, 2.24) is 9.13 Å². The Kier molecular flexibility index (Phi) is 6.46. The van der Waals surface area contributed by atoms with Crippen molar-refractivity contribution in [2.24, 2.45) is 14.1 Å². The van der Waals surface area contributed by atoms with Gasteiger partial charge in [-0.05, 0) is 43.3 Å². The Hall–Kier alpha value is -6.04. The van der Waals surface area contributed by atoms with Crippen molar-refractivity contribution in [2.75, 3.05) is 20.8 Å². The monoisotopic (exact) mass is 638 g/mol. The minimum absolute atomic E-state index is 0.0121. The van der Waals surface area contributed by atoms with Crippen LogP contribution in [0.5, 0.6) is 46.0 Å². The van der Waals surface area contributed by atoms with Crippen LogP contribution < -0.4 is 29.8 Å². The molecule has 7 rings (SSSR count). The number of hydrogen-bond acceptors (Lipinski definition) is 10. The highest BCUT2D eigenvalue weighted by Gasteiger charge is 2.34. The van der Waals surface area contributed by atoms with Gasteiger partial charge in [0.15, 0.2) is 28.6 Å². The smallest absolute Gasteiger partial charge is 0.201 e. The van der Waals surface area contributed by atoms with Gasteiger partial charge in [0.1, 0.15) is 35.1 Å². The Morgan fingerprint density at radius 2 is 1.45 bits per heavy atom. The molecule has 4 aromatic carbocycles. The van der Waals surface area contributed by atoms with Crippen LogP contribution in [0.4, 0.5) is 0 Å². The molecule has 0 aliphatic carbocycles. The van der Waals surface area contributed by atoms with Crippen LogP contribution in [-0.4, -0.2) is 56.0 Å². The fourth-order valence-corrected chi connectivity index (χ4v) is 6.59. The van der Waals surface area contributed by atoms with Gasteiger partial charge in [-0.3, -0.25) is 9.59 Å². The Morgan fingerprint density at radius 3 is 2.15 bits per heavy atom. The summed E-state index contributed by atoms with van der Waals surface area (Å²) in [6.45, 7) is 1.75. The molecule has 3 heterocycles. The van der Waals surface area contributed by atoms with Crippen LogP contribution in [0.25, 0.3) is 49.7 Å². The third kappa shape index (κ3) is 4.14. The van der Waals surface area contributed by atoms with E-state index in [-0.39, 0.29) is 68.1 Å². The Labute approximate surface area is 266 Å². The van der Waals surface area contributed by atoms with Gasteiger partial charge >= 0.3 is 0 Å². The molecule has 0 radical (unpaired) electrons. The second-order valence-electron chi connectivity index (χ2n) is 11.7. The van der Waals surface area contributed by atoms with Gasteiger partial charge in [-0.25, -0.2) is 0 Å². The van der Waals surface area contributed by atoms with Gasteiger partial charge < -0.3 is 48.5 Å². The van der Waals surface area contributed by atoms with Crippen LogP contribution >= 0.6 is 0 Å². The number of phenols is 4. The number of nitrogens with zero attached hydrogens (tertiary/aromatic N) is 2. The molecule has 240 valence electrons. The van der Waals surface area contributed by atoms with Crippen molar-refractivity contribution < 1.29 is 39.4 Å². The van der Waals surface area contributed by atoms with Gasteiger partial charge in [0.2, 0.25) is 10.9 Å². The van der Waals surface area contributed by atoms with Crippen molar-refractivity contribution in [1.29, 1.82) is 0 Å². The fraction of sp³-hybridized carbons (Fsp3) is 0.200. The average Bonchev–Trinajstić information content (AvgIpc) is 3.04. The second kappa shape index (κ2) is 10.2. The van der Waals surface area contributed by atoms with E-state index in [1.54, 1.807) is 66.6 Å². The minimum Gasteiger partial charge on any atom is -0.507 e. The van der Waals surface area contributed by atoms with Crippen molar-refractivity contribution in [3.8, 4) is 46.0 Å². The molecule has 0 fully saturated rings. The van der Waals surface area contributed by atoms with Crippen LogP contribution in [0, 0.1) is 0 Å². The lowest BCUT2D eigenvalue weighted by molar-refractivity contribution is 0.0461. The number of hydrogen-bond donors (Lipinski definition) is 4. The summed E-state index contributed by atoms with van der Waals surface area (Å²) < 4.78 is 26.9. The Balaban J connectivity index is 1.38. The molecule has 1 aliphatic heterocycles. The van der Waals surface area contributed by atoms with Gasteiger partial charge in [0, 0.05) is 31.8 Å². The van der Waals surface area contributed by atoms with E-state index in [1.807, 2.05) is 0 Å². The first kappa shape index (κ1) is 29.7. The first-order valence-corrected chi connectivity index (χ1v) is 14.5.